The predicted molar refractivity (Wildman–Crippen MR) is 139 cm³/mol. The molecular weight excluding hydrogens is 490 g/mol. The van der Waals surface area contributed by atoms with E-state index in [0.29, 0.717) is 22.3 Å². The molecule has 7 nitrogen and oxygen atoms in total. The molecule has 3 aromatic heterocycles. The van der Waals surface area contributed by atoms with Gasteiger partial charge in [-0.1, -0.05) is 17.8 Å². The Bertz CT molecular complexity index is 1320. The number of ether oxygens (including phenoxy) is 1. The number of aromatic nitrogens is 2. The fraction of sp³-hybridized carbons (Fsp3) is 0.458. The first kappa shape index (κ1) is 23.6. The van der Waals surface area contributed by atoms with Gasteiger partial charge in [0.25, 0.3) is 5.56 Å². The molecule has 0 aliphatic heterocycles. The largest absolute Gasteiger partial charge is 0.465 e. The van der Waals surface area contributed by atoms with Crippen molar-refractivity contribution in [3.05, 3.63) is 49.5 Å². The molecule has 0 saturated carbocycles. The van der Waals surface area contributed by atoms with E-state index in [1.54, 1.807) is 22.0 Å². The second kappa shape index (κ2) is 9.85. The summed E-state index contributed by atoms with van der Waals surface area (Å²) in [5, 5.41) is 15.8. The van der Waals surface area contributed by atoms with Gasteiger partial charge >= 0.3 is 5.97 Å². The lowest BCUT2D eigenvalue weighted by Crippen LogP contribution is -2.26. The van der Waals surface area contributed by atoms with Crippen LogP contribution < -0.4 is 10.9 Å². The monoisotopic (exact) mass is 517 g/mol. The van der Waals surface area contributed by atoms with Crippen LogP contribution in [0.5, 0.6) is 0 Å². The Morgan fingerprint density at radius 3 is 2.76 bits per heavy atom. The number of anilines is 1. The maximum absolute atomic E-state index is 13.4. The van der Waals surface area contributed by atoms with Crippen LogP contribution in [0.25, 0.3) is 10.2 Å². The number of aliphatic hydroxyl groups excluding tert-OH is 1. The van der Waals surface area contributed by atoms with Gasteiger partial charge in [0.2, 0.25) is 0 Å². The highest BCUT2D eigenvalue weighted by molar-refractivity contribution is 7.99. The SMILES string of the molecule is C=CCn1c(SCC(O)Nc2sc3c(c2C(=O)OC)CCC3)nc2sc3c(c2c1=O)CCCC3. The van der Waals surface area contributed by atoms with E-state index >= 15 is 0 Å². The highest BCUT2D eigenvalue weighted by atomic mass is 32.2. The third-order valence-corrected chi connectivity index (χ3v) is 9.79. The van der Waals surface area contributed by atoms with Gasteiger partial charge in [0, 0.05) is 22.1 Å². The number of carbonyl (C=O) groups is 1. The molecule has 34 heavy (non-hydrogen) atoms. The third kappa shape index (κ3) is 4.21. The molecule has 0 fully saturated rings. The van der Waals surface area contributed by atoms with E-state index in [2.05, 4.69) is 11.9 Å². The fourth-order valence-corrected chi connectivity index (χ4v) is 8.28. The number of hydrogen-bond donors (Lipinski definition) is 2. The maximum Gasteiger partial charge on any atom is 0.341 e. The van der Waals surface area contributed by atoms with Gasteiger partial charge in [0.15, 0.2) is 5.16 Å². The van der Waals surface area contributed by atoms with Crippen molar-refractivity contribution in [2.45, 2.75) is 62.9 Å². The van der Waals surface area contributed by atoms with E-state index in [4.69, 9.17) is 9.72 Å². The van der Waals surface area contributed by atoms with Crippen molar-refractivity contribution < 1.29 is 14.6 Å². The molecule has 180 valence electrons. The molecule has 2 aliphatic rings. The molecule has 3 heterocycles. The van der Waals surface area contributed by atoms with E-state index in [1.165, 1.54) is 45.5 Å². The molecule has 0 saturated heterocycles. The van der Waals surface area contributed by atoms with Gasteiger partial charge in [-0.05, 0) is 56.1 Å². The van der Waals surface area contributed by atoms with Crippen LogP contribution in [0, 0.1) is 0 Å². The first-order chi connectivity index (χ1) is 16.5. The lowest BCUT2D eigenvalue weighted by molar-refractivity contribution is 0.0601. The number of nitrogens with one attached hydrogen (secondary N) is 1. The van der Waals surface area contributed by atoms with Crippen molar-refractivity contribution in [3.63, 3.8) is 0 Å². The Morgan fingerprint density at radius 2 is 1.97 bits per heavy atom. The van der Waals surface area contributed by atoms with E-state index in [9.17, 15) is 14.7 Å². The zero-order valence-corrected chi connectivity index (χ0v) is 21.5. The second-order valence-electron chi connectivity index (χ2n) is 8.51. The number of methoxy groups -OCH3 is 1. The van der Waals surface area contributed by atoms with Crippen LogP contribution in [0.4, 0.5) is 5.00 Å². The summed E-state index contributed by atoms with van der Waals surface area (Å²) in [6.07, 6.45) is 7.80. The Labute approximate surface area is 209 Å². The number of nitrogens with zero attached hydrogens (tertiary/aromatic N) is 2. The number of rotatable bonds is 8. The van der Waals surface area contributed by atoms with Crippen molar-refractivity contribution >= 4 is 55.6 Å². The average Bonchev–Trinajstić information content (AvgIpc) is 3.51. The standard InChI is InChI=1S/C24H27N3O4S3/c1-3-11-27-22(29)18-13-7-4-5-9-15(13)33-20(18)26-24(27)32-12-17(28)25-21-19(23(30)31-2)14-8-6-10-16(14)34-21/h3,17,25,28H,1,4-12H2,2H3. The zero-order valence-electron chi connectivity index (χ0n) is 19.0. The molecule has 0 radical (unpaired) electrons. The van der Waals surface area contributed by atoms with Gasteiger partial charge in [0.05, 0.1) is 18.1 Å². The number of aliphatic hydroxyl groups is 1. The maximum atomic E-state index is 13.4. The third-order valence-electron chi connectivity index (χ3n) is 6.33. The highest BCUT2D eigenvalue weighted by Crippen LogP contribution is 2.40. The summed E-state index contributed by atoms with van der Waals surface area (Å²) in [5.41, 5.74) is 2.71. The van der Waals surface area contributed by atoms with E-state index < -0.39 is 6.23 Å². The summed E-state index contributed by atoms with van der Waals surface area (Å²) >= 11 is 4.46. The van der Waals surface area contributed by atoms with Gasteiger partial charge < -0.3 is 15.2 Å². The summed E-state index contributed by atoms with van der Waals surface area (Å²) in [6, 6.07) is 0. The first-order valence-electron chi connectivity index (χ1n) is 11.5. The Kier molecular flexibility index (Phi) is 6.83. The minimum atomic E-state index is -0.923. The quantitative estimate of drug-likeness (QED) is 0.151. The van der Waals surface area contributed by atoms with Crippen molar-refractivity contribution in [2.75, 3.05) is 18.2 Å². The summed E-state index contributed by atoms with van der Waals surface area (Å²) in [7, 11) is 1.38. The summed E-state index contributed by atoms with van der Waals surface area (Å²) in [5.74, 6) is -0.112. The van der Waals surface area contributed by atoms with Crippen LogP contribution in [0.15, 0.2) is 22.6 Å². The summed E-state index contributed by atoms with van der Waals surface area (Å²) in [4.78, 5) is 33.8. The van der Waals surface area contributed by atoms with Gasteiger partial charge in [-0.15, -0.1) is 29.3 Å². The van der Waals surface area contributed by atoms with Crippen molar-refractivity contribution in [1.82, 2.24) is 9.55 Å². The van der Waals surface area contributed by atoms with E-state index in [1.807, 2.05) is 0 Å². The molecule has 2 N–H and O–H groups in total. The van der Waals surface area contributed by atoms with Gasteiger partial charge in [-0.2, -0.15) is 0 Å². The molecule has 5 rings (SSSR count). The zero-order chi connectivity index (χ0) is 23.8. The summed E-state index contributed by atoms with van der Waals surface area (Å²) in [6.45, 7) is 4.17. The van der Waals surface area contributed by atoms with Crippen molar-refractivity contribution in [2.24, 2.45) is 0 Å². The smallest absolute Gasteiger partial charge is 0.341 e. The Hall–Kier alpha value is -2.14. The van der Waals surface area contributed by atoms with Crippen LogP contribution in [-0.2, 0) is 37.0 Å². The second-order valence-corrected chi connectivity index (χ2v) is 11.7. The predicted octanol–water partition coefficient (Wildman–Crippen LogP) is 4.38. The molecule has 10 heteroatoms. The first-order valence-corrected chi connectivity index (χ1v) is 14.1. The number of carbonyl (C=O) groups excluding carboxylic acids is 1. The lowest BCUT2D eigenvalue weighted by atomic mass is 9.97. The van der Waals surface area contributed by atoms with E-state index in [0.717, 1.165) is 60.7 Å². The fourth-order valence-electron chi connectivity index (χ4n) is 4.79. The molecule has 3 aromatic rings. The molecule has 1 unspecified atom stereocenters. The van der Waals surface area contributed by atoms with Crippen LogP contribution >= 0.6 is 34.4 Å². The minimum Gasteiger partial charge on any atom is -0.465 e. The number of aryl methyl sites for hydroxylation is 3. The van der Waals surface area contributed by atoms with Gasteiger partial charge in [0.1, 0.15) is 16.1 Å². The highest BCUT2D eigenvalue weighted by Gasteiger charge is 2.28. The Morgan fingerprint density at radius 1 is 1.24 bits per heavy atom. The van der Waals surface area contributed by atoms with Crippen LogP contribution in [0.3, 0.4) is 0 Å². The molecule has 0 amide bonds. The van der Waals surface area contributed by atoms with Crippen molar-refractivity contribution in [1.29, 1.82) is 0 Å². The number of allylic oxidation sites excluding steroid dienone is 1. The van der Waals surface area contributed by atoms with Crippen LogP contribution in [-0.4, -0.2) is 39.7 Å². The van der Waals surface area contributed by atoms with E-state index in [-0.39, 0.29) is 17.3 Å². The van der Waals surface area contributed by atoms with Crippen LogP contribution in [0.1, 0.15) is 50.5 Å². The minimum absolute atomic E-state index is 0.0306. The van der Waals surface area contributed by atoms with Crippen LogP contribution in [0.2, 0.25) is 0 Å². The number of thiophene rings is 2. The number of hydrogen-bond acceptors (Lipinski definition) is 9. The number of esters is 1. The Balaban J connectivity index is 1.39. The topological polar surface area (TPSA) is 93.4 Å². The molecule has 1 atom stereocenters. The molecule has 0 aromatic carbocycles. The molecule has 2 aliphatic carbocycles. The lowest BCUT2D eigenvalue weighted by Gasteiger charge is -2.16. The van der Waals surface area contributed by atoms with Gasteiger partial charge in [-0.25, -0.2) is 9.78 Å². The van der Waals surface area contributed by atoms with Crippen molar-refractivity contribution in [3.8, 4) is 0 Å². The number of fused-ring (bicyclic) bond motifs is 4. The molecule has 0 bridgehead atoms. The summed E-state index contributed by atoms with van der Waals surface area (Å²) < 4.78 is 6.63. The average molecular weight is 518 g/mol. The van der Waals surface area contributed by atoms with Gasteiger partial charge in [-0.3, -0.25) is 9.36 Å². The molecule has 0 spiro atoms. The number of thioether (sulfide) groups is 1. The normalized spacial score (nSPS) is 15.7. The molecular formula is C24H27N3O4S3.